The molecule has 0 aromatic heterocycles. The monoisotopic (exact) mass is 338 g/mol. The fourth-order valence-corrected chi connectivity index (χ4v) is 1.89. The van der Waals surface area contributed by atoms with E-state index in [-0.39, 0.29) is 0 Å². The lowest BCUT2D eigenvalue weighted by atomic mass is 10.2. The van der Waals surface area contributed by atoms with Crippen molar-refractivity contribution in [3.05, 3.63) is 28.2 Å². The Hall–Kier alpha value is -0.0900. The highest BCUT2D eigenvalue weighted by atomic mass is 79.9. The predicted octanol–water partition coefficient (Wildman–Crippen LogP) is 4.47. The topological polar surface area (TPSA) is 9.23 Å². The molecule has 2 atom stereocenters. The molecule has 1 aromatic rings. The summed E-state index contributed by atoms with van der Waals surface area (Å²) in [5, 5.41) is 0.793. The van der Waals surface area contributed by atoms with Crippen molar-refractivity contribution in [2.24, 2.45) is 0 Å². The van der Waals surface area contributed by atoms with Crippen LogP contribution in [0.15, 0.2) is 22.7 Å². The summed E-state index contributed by atoms with van der Waals surface area (Å²) in [4.78, 5) is 0. The predicted molar refractivity (Wildman–Crippen MR) is 67.4 cm³/mol. The fourth-order valence-electron chi connectivity index (χ4n) is 1.02. The molecule has 0 heterocycles. The van der Waals surface area contributed by atoms with Gasteiger partial charge in [0.05, 0.1) is 4.47 Å². The fraction of sp³-hybridized carbons (Fsp3) is 0.455. The average molecular weight is 340 g/mol. The molecular formula is C11H13Br2FO. The van der Waals surface area contributed by atoms with Crippen LogP contribution in [-0.4, -0.2) is 12.3 Å². The molecule has 0 saturated carbocycles. The molecule has 4 heteroatoms. The van der Waals surface area contributed by atoms with Gasteiger partial charge < -0.3 is 4.74 Å². The first-order valence-corrected chi connectivity index (χ1v) is 6.61. The van der Waals surface area contributed by atoms with Gasteiger partial charge in [0.2, 0.25) is 0 Å². The molecule has 0 radical (unpaired) electrons. The lowest BCUT2D eigenvalue weighted by Gasteiger charge is -2.17. The molecule has 0 bridgehead atoms. The van der Waals surface area contributed by atoms with Crippen LogP contribution >= 0.6 is 31.9 Å². The van der Waals surface area contributed by atoms with Gasteiger partial charge >= 0.3 is 0 Å². The maximum absolute atomic E-state index is 12.9. The van der Waals surface area contributed by atoms with E-state index in [0.717, 1.165) is 15.4 Å². The lowest BCUT2D eigenvalue weighted by Crippen LogP contribution is -2.22. The van der Waals surface area contributed by atoms with Gasteiger partial charge in [0.15, 0.2) is 0 Å². The van der Waals surface area contributed by atoms with Crippen molar-refractivity contribution in [3.8, 4) is 5.75 Å². The molecule has 0 saturated heterocycles. The number of hydrogen-bond acceptors (Lipinski definition) is 1. The standard InChI is InChI=1S/C11H13Br2FO/c1-7(14)8(2)15-11-4-3-9(6-12)5-10(11)13/h3-5,7-8H,6H2,1-2H3/t7?,8-/m1/s1. The Morgan fingerprint density at radius 1 is 1.40 bits per heavy atom. The third-order valence-electron chi connectivity index (χ3n) is 2.11. The van der Waals surface area contributed by atoms with Crippen molar-refractivity contribution in [2.75, 3.05) is 0 Å². The summed E-state index contributed by atoms with van der Waals surface area (Å²) < 4.78 is 19.2. The van der Waals surface area contributed by atoms with E-state index in [1.165, 1.54) is 6.92 Å². The normalized spacial score (nSPS) is 14.7. The molecule has 0 N–H and O–H groups in total. The molecule has 0 amide bonds. The van der Waals surface area contributed by atoms with Crippen LogP contribution in [0.1, 0.15) is 19.4 Å². The van der Waals surface area contributed by atoms with Gasteiger partial charge in [-0.15, -0.1) is 0 Å². The first kappa shape index (κ1) is 13.0. The van der Waals surface area contributed by atoms with E-state index < -0.39 is 12.3 Å². The van der Waals surface area contributed by atoms with Gasteiger partial charge in [-0.05, 0) is 47.5 Å². The lowest BCUT2D eigenvalue weighted by molar-refractivity contribution is 0.125. The third-order valence-corrected chi connectivity index (χ3v) is 3.38. The van der Waals surface area contributed by atoms with Crippen LogP contribution < -0.4 is 4.74 Å². The molecule has 15 heavy (non-hydrogen) atoms. The van der Waals surface area contributed by atoms with Gasteiger partial charge in [-0.25, -0.2) is 4.39 Å². The molecule has 1 rings (SSSR count). The molecule has 1 unspecified atom stereocenters. The van der Waals surface area contributed by atoms with E-state index in [4.69, 9.17) is 4.74 Å². The Morgan fingerprint density at radius 2 is 2.07 bits per heavy atom. The van der Waals surface area contributed by atoms with Crippen LogP contribution in [0.2, 0.25) is 0 Å². The van der Waals surface area contributed by atoms with Crippen molar-refractivity contribution in [1.82, 2.24) is 0 Å². The first-order chi connectivity index (χ1) is 7.04. The minimum Gasteiger partial charge on any atom is -0.487 e. The summed E-state index contributed by atoms with van der Waals surface area (Å²) in [7, 11) is 0. The Bertz CT molecular complexity index is 328. The number of benzene rings is 1. The van der Waals surface area contributed by atoms with Gasteiger partial charge in [-0.3, -0.25) is 0 Å². The van der Waals surface area contributed by atoms with Crippen LogP contribution in [-0.2, 0) is 5.33 Å². The first-order valence-electron chi connectivity index (χ1n) is 4.69. The molecule has 0 spiro atoms. The zero-order valence-electron chi connectivity index (χ0n) is 8.64. The van der Waals surface area contributed by atoms with Crippen molar-refractivity contribution >= 4 is 31.9 Å². The molecule has 1 nitrogen and oxygen atoms in total. The number of hydrogen-bond donors (Lipinski definition) is 0. The summed E-state index contributed by atoms with van der Waals surface area (Å²) >= 11 is 6.77. The smallest absolute Gasteiger partial charge is 0.134 e. The molecule has 0 aliphatic rings. The summed E-state index contributed by atoms with van der Waals surface area (Å²) in [6.07, 6.45) is -1.41. The highest BCUT2D eigenvalue weighted by molar-refractivity contribution is 9.10. The van der Waals surface area contributed by atoms with Crippen molar-refractivity contribution < 1.29 is 9.13 Å². The highest BCUT2D eigenvalue weighted by Crippen LogP contribution is 2.28. The number of ether oxygens (including phenoxy) is 1. The molecule has 0 aliphatic carbocycles. The van der Waals surface area contributed by atoms with Gasteiger partial charge in [-0.2, -0.15) is 0 Å². The maximum atomic E-state index is 12.9. The van der Waals surface area contributed by atoms with Crippen molar-refractivity contribution in [3.63, 3.8) is 0 Å². The van der Waals surface area contributed by atoms with E-state index in [0.29, 0.717) is 5.75 Å². The molecule has 0 fully saturated rings. The summed E-state index contributed by atoms with van der Waals surface area (Å²) in [5.41, 5.74) is 1.15. The van der Waals surface area contributed by atoms with Gasteiger partial charge in [0, 0.05) is 5.33 Å². The van der Waals surface area contributed by atoms with Crippen LogP contribution in [0.5, 0.6) is 5.75 Å². The van der Waals surface area contributed by atoms with Gasteiger partial charge in [0.25, 0.3) is 0 Å². The van der Waals surface area contributed by atoms with E-state index in [2.05, 4.69) is 31.9 Å². The zero-order chi connectivity index (χ0) is 11.4. The largest absolute Gasteiger partial charge is 0.487 e. The van der Waals surface area contributed by atoms with E-state index in [1.807, 2.05) is 18.2 Å². The minimum atomic E-state index is -0.979. The van der Waals surface area contributed by atoms with Crippen LogP contribution in [0.25, 0.3) is 0 Å². The van der Waals surface area contributed by atoms with Crippen LogP contribution in [0, 0.1) is 0 Å². The third kappa shape index (κ3) is 3.76. The number of rotatable bonds is 4. The van der Waals surface area contributed by atoms with Gasteiger partial charge in [0.1, 0.15) is 18.0 Å². The zero-order valence-corrected chi connectivity index (χ0v) is 11.8. The number of halogens is 3. The molecule has 0 aliphatic heterocycles. The second-order valence-corrected chi connectivity index (χ2v) is 4.81. The van der Waals surface area contributed by atoms with E-state index in [9.17, 15) is 4.39 Å². The Morgan fingerprint density at radius 3 is 2.53 bits per heavy atom. The SMILES string of the molecule is CC(F)[C@@H](C)Oc1ccc(CBr)cc1Br. The van der Waals surface area contributed by atoms with Crippen LogP contribution in [0.3, 0.4) is 0 Å². The second-order valence-electron chi connectivity index (χ2n) is 3.40. The van der Waals surface area contributed by atoms with Crippen molar-refractivity contribution in [2.45, 2.75) is 31.5 Å². The van der Waals surface area contributed by atoms with E-state index >= 15 is 0 Å². The minimum absolute atomic E-state index is 0.434. The average Bonchev–Trinajstić information content (AvgIpc) is 2.20. The molecule has 84 valence electrons. The van der Waals surface area contributed by atoms with Crippen LogP contribution in [0.4, 0.5) is 4.39 Å². The molecular weight excluding hydrogens is 327 g/mol. The quantitative estimate of drug-likeness (QED) is 0.735. The maximum Gasteiger partial charge on any atom is 0.134 e. The highest BCUT2D eigenvalue weighted by Gasteiger charge is 2.13. The summed E-state index contributed by atoms with van der Waals surface area (Å²) in [6, 6.07) is 5.75. The molecule has 1 aromatic carbocycles. The Labute approximate surface area is 106 Å². The second kappa shape index (κ2) is 5.85. The van der Waals surface area contributed by atoms with Crippen molar-refractivity contribution in [1.29, 1.82) is 0 Å². The summed E-state index contributed by atoms with van der Waals surface area (Å²) in [5.74, 6) is 0.678. The summed E-state index contributed by atoms with van der Waals surface area (Å²) in [6.45, 7) is 3.21. The number of alkyl halides is 2. The Balaban J connectivity index is 2.78. The Kier molecular flexibility index (Phi) is 5.06. The van der Waals surface area contributed by atoms with E-state index in [1.54, 1.807) is 6.92 Å². The van der Waals surface area contributed by atoms with Gasteiger partial charge in [-0.1, -0.05) is 22.0 Å².